The first kappa shape index (κ1) is 17.1. The first-order valence-electron chi connectivity index (χ1n) is 9.37. The van der Waals surface area contributed by atoms with Crippen molar-refractivity contribution in [3.63, 3.8) is 0 Å². The molecule has 2 heterocycles. The standard InChI is InChI=1S/C21H24N2O3/c24-21(22-10-5-11-23-12-14-25-15-13-23)20-16-6-1-3-8-18(16)26-19-9-4-2-7-17(19)20/h1-4,6-9,20H,5,10-15H2,(H,22,24)/p+1. The molecule has 26 heavy (non-hydrogen) atoms. The number of carbonyl (C=O) groups excluding carboxylic acids is 1. The van der Waals surface area contributed by atoms with Crippen molar-refractivity contribution in [3.05, 3.63) is 59.7 Å². The van der Waals surface area contributed by atoms with Gasteiger partial charge in [-0.2, -0.15) is 0 Å². The van der Waals surface area contributed by atoms with Crippen LogP contribution in [0.1, 0.15) is 23.5 Å². The van der Waals surface area contributed by atoms with E-state index in [4.69, 9.17) is 9.47 Å². The van der Waals surface area contributed by atoms with Crippen LogP contribution in [0.25, 0.3) is 0 Å². The van der Waals surface area contributed by atoms with Crippen LogP contribution in [-0.4, -0.2) is 45.3 Å². The van der Waals surface area contributed by atoms with Crippen molar-refractivity contribution in [3.8, 4) is 11.5 Å². The lowest BCUT2D eigenvalue weighted by Crippen LogP contribution is -3.14. The van der Waals surface area contributed by atoms with Gasteiger partial charge in [-0.15, -0.1) is 0 Å². The summed E-state index contributed by atoms with van der Waals surface area (Å²) in [4.78, 5) is 14.5. The Hall–Kier alpha value is -2.37. The van der Waals surface area contributed by atoms with Gasteiger partial charge < -0.3 is 19.7 Å². The van der Waals surface area contributed by atoms with Crippen molar-refractivity contribution in [1.29, 1.82) is 0 Å². The van der Waals surface area contributed by atoms with Crippen LogP contribution in [0.4, 0.5) is 0 Å². The van der Waals surface area contributed by atoms with E-state index in [1.165, 1.54) is 0 Å². The summed E-state index contributed by atoms with van der Waals surface area (Å²) in [5, 5.41) is 3.13. The quantitative estimate of drug-likeness (QED) is 0.798. The average molecular weight is 353 g/mol. The van der Waals surface area contributed by atoms with Crippen LogP contribution in [0.2, 0.25) is 0 Å². The molecule has 1 saturated heterocycles. The number of hydrogen-bond acceptors (Lipinski definition) is 3. The molecule has 0 aromatic heterocycles. The number of amides is 1. The Bertz CT molecular complexity index is 726. The summed E-state index contributed by atoms with van der Waals surface area (Å²) in [5.41, 5.74) is 1.87. The van der Waals surface area contributed by atoms with Crippen LogP contribution in [0.15, 0.2) is 48.5 Å². The molecule has 0 atom stereocenters. The van der Waals surface area contributed by atoms with E-state index in [-0.39, 0.29) is 11.8 Å². The fourth-order valence-corrected chi connectivity index (χ4v) is 3.75. The van der Waals surface area contributed by atoms with E-state index in [1.54, 1.807) is 4.90 Å². The summed E-state index contributed by atoms with van der Waals surface area (Å²) in [6, 6.07) is 15.6. The van der Waals surface area contributed by atoms with Gasteiger partial charge in [-0.25, -0.2) is 0 Å². The maximum Gasteiger partial charge on any atom is 0.232 e. The molecule has 0 bridgehead atoms. The van der Waals surface area contributed by atoms with Gasteiger partial charge in [0, 0.05) is 24.1 Å². The summed E-state index contributed by atoms with van der Waals surface area (Å²) < 4.78 is 11.4. The molecule has 4 rings (SSSR count). The van der Waals surface area contributed by atoms with Gasteiger partial charge in [-0.3, -0.25) is 4.79 Å². The highest BCUT2D eigenvalue weighted by Gasteiger charge is 2.32. The predicted molar refractivity (Wildman–Crippen MR) is 98.8 cm³/mol. The highest BCUT2D eigenvalue weighted by Crippen LogP contribution is 2.43. The Morgan fingerprint density at radius 3 is 2.27 bits per heavy atom. The topological polar surface area (TPSA) is 52.0 Å². The van der Waals surface area contributed by atoms with Crippen LogP contribution >= 0.6 is 0 Å². The van der Waals surface area contributed by atoms with E-state index in [1.807, 2.05) is 48.5 Å². The minimum atomic E-state index is -0.313. The van der Waals surface area contributed by atoms with Crippen molar-refractivity contribution in [2.75, 3.05) is 39.4 Å². The SMILES string of the molecule is O=C(NCCC[NH+]1CCOCC1)C1c2ccccc2Oc2ccccc21. The van der Waals surface area contributed by atoms with Crippen molar-refractivity contribution in [1.82, 2.24) is 5.32 Å². The number of benzene rings is 2. The van der Waals surface area contributed by atoms with Crippen LogP contribution in [-0.2, 0) is 9.53 Å². The van der Waals surface area contributed by atoms with Crippen molar-refractivity contribution < 1.29 is 19.2 Å². The van der Waals surface area contributed by atoms with Gasteiger partial charge in [0.2, 0.25) is 5.91 Å². The van der Waals surface area contributed by atoms with E-state index in [0.29, 0.717) is 6.54 Å². The minimum Gasteiger partial charge on any atom is -0.457 e. The van der Waals surface area contributed by atoms with Gasteiger partial charge in [-0.1, -0.05) is 36.4 Å². The Balaban J connectivity index is 1.42. The van der Waals surface area contributed by atoms with Gasteiger partial charge in [0.05, 0.1) is 25.7 Å². The van der Waals surface area contributed by atoms with Gasteiger partial charge in [0.1, 0.15) is 24.6 Å². The Labute approximate surface area is 153 Å². The zero-order chi connectivity index (χ0) is 17.8. The molecule has 2 aromatic carbocycles. The summed E-state index contributed by atoms with van der Waals surface area (Å²) in [5.74, 6) is 1.27. The van der Waals surface area contributed by atoms with Gasteiger partial charge in [0.25, 0.3) is 0 Å². The summed E-state index contributed by atoms with van der Waals surface area (Å²) >= 11 is 0. The maximum absolute atomic E-state index is 13.0. The Kier molecular flexibility index (Phi) is 5.18. The zero-order valence-electron chi connectivity index (χ0n) is 14.9. The number of carbonyl (C=O) groups is 1. The molecule has 0 spiro atoms. The predicted octanol–water partition coefficient (Wildman–Crippen LogP) is 1.35. The highest BCUT2D eigenvalue weighted by atomic mass is 16.5. The van der Waals surface area contributed by atoms with Gasteiger partial charge in [0.15, 0.2) is 0 Å². The van der Waals surface area contributed by atoms with Crippen molar-refractivity contribution in [2.45, 2.75) is 12.3 Å². The number of fused-ring (bicyclic) bond motifs is 2. The van der Waals surface area contributed by atoms with Gasteiger partial charge in [-0.05, 0) is 12.1 Å². The second-order valence-corrected chi connectivity index (χ2v) is 6.87. The second kappa shape index (κ2) is 7.89. The lowest BCUT2D eigenvalue weighted by atomic mass is 9.87. The molecule has 136 valence electrons. The first-order chi connectivity index (χ1) is 12.8. The van der Waals surface area contributed by atoms with E-state index >= 15 is 0 Å². The third kappa shape index (κ3) is 3.59. The molecule has 2 aromatic rings. The molecule has 0 saturated carbocycles. The summed E-state index contributed by atoms with van der Waals surface area (Å²) in [7, 11) is 0. The molecule has 0 radical (unpaired) electrons. The van der Waals surface area contributed by atoms with Gasteiger partial charge >= 0.3 is 0 Å². The van der Waals surface area contributed by atoms with E-state index in [0.717, 1.165) is 61.9 Å². The summed E-state index contributed by atoms with van der Waals surface area (Å²) in [6.45, 7) is 5.59. The number of quaternary nitrogens is 1. The first-order valence-corrected chi connectivity index (χ1v) is 9.37. The highest BCUT2D eigenvalue weighted by molar-refractivity contribution is 5.89. The third-order valence-electron chi connectivity index (χ3n) is 5.15. The lowest BCUT2D eigenvalue weighted by Gasteiger charge is -2.27. The van der Waals surface area contributed by atoms with Crippen LogP contribution in [0, 0.1) is 0 Å². The van der Waals surface area contributed by atoms with Crippen LogP contribution in [0.5, 0.6) is 11.5 Å². The number of hydrogen-bond donors (Lipinski definition) is 2. The van der Waals surface area contributed by atoms with Crippen molar-refractivity contribution in [2.24, 2.45) is 0 Å². The fourth-order valence-electron chi connectivity index (χ4n) is 3.75. The minimum absolute atomic E-state index is 0.0465. The normalized spacial score (nSPS) is 17.1. The number of para-hydroxylation sites is 2. The van der Waals surface area contributed by atoms with E-state index < -0.39 is 0 Å². The van der Waals surface area contributed by atoms with Crippen LogP contribution < -0.4 is 15.0 Å². The lowest BCUT2D eigenvalue weighted by molar-refractivity contribution is -0.908. The average Bonchev–Trinajstić information content (AvgIpc) is 2.70. The molecular weight excluding hydrogens is 328 g/mol. The van der Waals surface area contributed by atoms with Crippen molar-refractivity contribution >= 4 is 5.91 Å². The number of rotatable bonds is 5. The third-order valence-corrected chi connectivity index (χ3v) is 5.15. The monoisotopic (exact) mass is 353 g/mol. The molecule has 5 nitrogen and oxygen atoms in total. The Morgan fingerprint density at radius 1 is 1.00 bits per heavy atom. The second-order valence-electron chi connectivity index (χ2n) is 6.87. The fraction of sp³-hybridized carbons (Fsp3) is 0.381. The number of morpholine rings is 1. The Morgan fingerprint density at radius 2 is 1.62 bits per heavy atom. The maximum atomic E-state index is 13.0. The molecule has 0 aliphatic carbocycles. The van der Waals surface area contributed by atoms with E-state index in [9.17, 15) is 4.79 Å². The molecule has 5 heteroatoms. The molecule has 2 aliphatic rings. The smallest absolute Gasteiger partial charge is 0.232 e. The molecule has 1 amide bonds. The van der Waals surface area contributed by atoms with E-state index in [2.05, 4.69) is 5.32 Å². The molecule has 2 aliphatic heterocycles. The zero-order valence-corrected chi connectivity index (χ0v) is 14.9. The molecule has 0 unspecified atom stereocenters. The molecule has 1 fully saturated rings. The molecular formula is C21H25N2O3+. The molecule has 2 N–H and O–H groups in total. The number of ether oxygens (including phenoxy) is 2. The summed E-state index contributed by atoms with van der Waals surface area (Å²) in [6.07, 6.45) is 0.980. The largest absolute Gasteiger partial charge is 0.457 e. The van der Waals surface area contributed by atoms with Crippen LogP contribution in [0.3, 0.4) is 0 Å². The number of nitrogens with one attached hydrogen (secondary N) is 2.